The molecular formula is C28H24ClN5O3. The van der Waals surface area contributed by atoms with Crippen molar-refractivity contribution in [3.8, 4) is 5.69 Å². The lowest BCUT2D eigenvalue weighted by Crippen LogP contribution is -2.27. The Labute approximate surface area is 217 Å². The maximum Gasteiger partial charge on any atom is 0.264 e. The topological polar surface area (TPSA) is 110 Å². The molecule has 186 valence electrons. The van der Waals surface area contributed by atoms with Crippen molar-refractivity contribution in [2.75, 3.05) is 5.32 Å². The molecule has 0 saturated carbocycles. The molecule has 0 spiro atoms. The summed E-state index contributed by atoms with van der Waals surface area (Å²) in [7, 11) is 0. The maximum atomic E-state index is 14.1. The van der Waals surface area contributed by atoms with Gasteiger partial charge in [0.15, 0.2) is 11.2 Å². The number of aromatic amines is 1. The zero-order chi connectivity index (χ0) is 26.1. The van der Waals surface area contributed by atoms with E-state index in [9.17, 15) is 14.4 Å². The number of para-hydroxylation sites is 1. The monoisotopic (exact) mass is 513 g/mol. The summed E-state index contributed by atoms with van der Waals surface area (Å²) < 4.78 is 1.53. The van der Waals surface area contributed by atoms with Gasteiger partial charge >= 0.3 is 0 Å². The first kappa shape index (κ1) is 24.4. The summed E-state index contributed by atoms with van der Waals surface area (Å²) >= 11 is 7.02. The first-order valence-electron chi connectivity index (χ1n) is 12.0. The van der Waals surface area contributed by atoms with Crippen LogP contribution in [0.3, 0.4) is 0 Å². The lowest BCUT2D eigenvalue weighted by Gasteiger charge is -2.24. The second kappa shape index (κ2) is 9.99. The Bertz CT molecular complexity index is 1760. The van der Waals surface area contributed by atoms with E-state index in [1.54, 1.807) is 30.3 Å². The van der Waals surface area contributed by atoms with Gasteiger partial charge in [-0.2, -0.15) is 0 Å². The van der Waals surface area contributed by atoms with E-state index in [1.807, 2.05) is 32.0 Å². The minimum Gasteiger partial charge on any atom is -0.361 e. The average molecular weight is 514 g/mol. The Morgan fingerprint density at radius 1 is 1.05 bits per heavy atom. The number of hydrogen-bond acceptors (Lipinski definition) is 6. The molecule has 0 fully saturated rings. The predicted octanol–water partition coefficient (Wildman–Crippen LogP) is 5.43. The predicted molar refractivity (Wildman–Crippen MR) is 146 cm³/mol. The number of rotatable bonds is 7. The molecule has 0 aliphatic rings. The SMILES string of the molecule is CCCC(=O)c1cccc2c(Cl)c([C@H](C)Nc3ncnc4[nH]ccc(=O)c34)n(-c3ccccc3)c(=O)c12. The van der Waals surface area contributed by atoms with Crippen molar-refractivity contribution in [2.24, 2.45) is 0 Å². The van der Waals surface area contributed by atoms with Gasteiger partial charge in [0.05, 0.1) is 22.1 Å². The van der Waals surface area contributed by atoms with Crippen molar-refractivity contribution in [3.63, 3.8) is 0 Å². The number of carbonyl (C=O) groups excluding carboxylic acids is 1. The molecule has 0 saturated heterocycles. The third-order valence-electron chi connectivity index (χ3n) is 6.29. The van der Waals surface area contributed by atoms with Crippen LogP contribution in [0.4, 0.5) is 5.82 Å². The van der Waals surface area contributed by atoms with Crippen LogP contribution in [0.25, 0.3) is 27.5 Å². The van der Waals surface area contributed by atoms with Gasteiger partial charge in [-0.15, -0.1) is 0 Å². The van der Waals surface area contributed by atoms with Crippen molar-refractivity contribution in [2.45, 2.75) is 32.7 Å². The molecule has 0 amide bonds. The lowest BCUT2D eigenvalue weighted by molar-refractivity contribution is 0.0983. The van der Waals surface area contributed by atoms with Crippen LogP contribution in [0.1, 0.15) is 48.8 Å². The lowest BCUT2D eigenvalue weighted by atomic mass is 9.98. The number of hydrogen-bond donors (Lipinski definition) is 2. The summed E-state index contributed by atoms with van der Waals surface area (Å²) in [5.74, 6) is 0.209. The summed E-state index contributed by atoms with van der Waals surface area (Å²) in [6, 6.07) is 15.1. The third kappa shape index (κ3) is 4.29. The van der Waals surface area contributed by atoms with Gasteiger partial charge in [-0.05, 0) is 25.5 Å². The number of H-pyrrole nitrogens is 1. The van der Waals surface area contributed by atoms with E-state index in [2.05, 4.69) is 20.3 Å². The highest BCUT2D eigenvalue weighted by molar-refractivity contribution is 6.36. The Morgan fingerprint density at radius 3 is 2.59 bits per heavy atom. The Morgan fingerprint density at radius 2 is 1.84 bits per heavy atom. The Balaban J connectivity index is 1.78. The minimum absolute atomic E-state index is 0.105. The molecular weight excluding hydrogens is 490 g/mol. The summed E-state index contributed by atoms with van der Waals surface area (Å²) in [6.07, 6.45) is 3.87. The van der Waals surface area contributed by atoms with Crippen molar-refractivity contribution in [1.82, 2.24) is 19.5 Å². The average Bonchev–Trinajstić information content (AvgIpc) is 2.91. The number of benzene rings is 2. The van der Waals surface area contributed by atoms with E-state index in [0.29, 0.717) is 57.0 Å². The molecule has 8 nitrogen and oxygen atoms in total. The molecule has 3 heterocycles. The van der Waals surface area contributed by atoms with E-state index in [0.717, 1.165) is 0 Å². The number of pyridine rings is 2. The standard InChI is InChI=1S/C28H24ClN5O3/c1-3-8-20(35)18-11-7-12-19-22(18)28(37)34(17-9-5-4-6-10-17)25(24(19)29)16(2)33-27-23-21(36)13-14-30-26(23)31-15-32-27/h4-7,9-16H,3,8H2,1-2H3,(H2,30,31,32,33,36)/t16-/m0/s1. The Hall–Kier alpha value is -4.30. The fourth-order valence-electron chi connectivity index (χ4n) is 4.63. The van der Waals surface area contributed by atoms with Crippen LogP contribution in [0.2, 0.25) is 5.02 Å². The molecule has 37 heavy (non-hydrogen) atoms. The highest BCUT2D eigenvalue weighted by Gasteiger charge is 2.25. The van der Waals surface area contributed by atoms with Crippen molar-refractivity contribution < 1.29 is 4.79 Å². The molecule has 0 aliphatic carbocycles. The maximum absolute atomic E-state index is 14.1. The number of Topliss-reactive ketones (excluding diaryl/α,β-unsaturated/α-hetero) is 1. The van der Waals surface area contributed by atoms with E-state index >= 15 is 0 Å². The zero-order valence-electron chi connectivity index (χ0n) is 20.3. The number of fused-ring (bicyclic) bond motifs is 2. The van der Waals surface area contributed by atoms with E-state index in [-0.39, 0.29) is 22.2 Å². The molecule has 5 rings (SSSR count). The van der Waals surface area contributed by atoms with Crippen LogP contribution in [0.15, 0.2) is 76.7 Å². The van der Waals surface area contributed by atoms with Gasteiger partial charge in [-0.3, -0.25) is 19.0 Å². The van der Waals surface area contributed by atoms with E-state index in [4.69, 9.17) is 11.6 Å². The van der Waals surface area contributed by atoms with Crippen LogP contribution in [0, 0.1) is 0 Å². The van der Waals surface area contributed by atoms with E-state index in [1.165, 1.54) is 23.2 Å². The molecule has 0 aliphatic heterocycles. The van der Waals surface area contributed by atoms with Gasteiger partial charge in [-0.25, -0.2) is 9.97 Å². The molecule has 9 heteroatoms. The number of nitrogens with one attached hydrogen (secondary N) is 2. The van der Waals surface area contributed by atoms with Crippen molar-refractivity contribution >= 4 is 45.0 Å². The second-order valence-corrected chi connectivity index (χ2v) is 9.11. The molecule has 3 aromatic heterocycles. The molecule has 5 aromatic rings. The van der Waals surface area contributed by atoms with Gasteiger partial charge in [0.2, 0.25) is 0 Å². The highest BCUT2D eigenvalue weighted by atomic mass is 35.5. The van der Waals surface area contributed by atoms with Crippen LogP contribution >= 0.6 is 11.6 Å². The summed E-state index contributed by atoms with van der Waals surface area (Å²) in [4.78, 5) is 51.0. The molecule has 2 N–H and O–H groups in total. The van der Waals surface area contributed by atoms with Crippen LogP contribution < -0.4 is 16.3 Å². The number of nitrogens with zero attached hydrogens (tertiary/aromatic N) is 3. The number of ketones is 1. The fourth-order valence-corrected chi connectivity index (χ4v) is 5.03. The highest BCUT2D eigenvalue weighted by Crippen LogP contribution is 2.34. The fraction of sp³-hybridized carbons (Fsp3) is 0.179. The molecule has 1 atom stereocenters. The summed E-state index contributed by atoms with van der Waals surface area (Å²) in [6.45, 7) is 3.76. The number of anilines is 1. The Kier molecular flexibility index (Phi) is 6.58. The van der Waals surface area contributed by atoms with Gasteiger partial charge < -0.3 is 10.3 Å². The number of carbonyl (C=O) groups is 1. The first-order chi connectivity index (χ1) is 17.9. The first-order valence-corrected chi connectivity index (χ1v) is 12.3. The van der Waals surface area contributed by atoms with Crippen LogP contribution in [-0.2, 0) is 0 Å². The largest absolute Gasteiger partial charge is 0.361 e. The van der Waals surface area contributed by atoms with E-state index < -0.39 is 6.04 Å². The van der Waals surface area contributed by atoms with Gasteiger partial charge in [-0.1, -0.05) is 54.9 Å². The molecule has 0 bridgehead atoms. The normalized spacial score (nSPS) is 12.1. The third-order valence-corrected chi connectivity index (χ3v) is 6.68. The van der Waals surface area contributed by atoms with Gasteiger partial charge in [0.1, 0.15) is 23.2 Å². The summed E-state index contributed by atoms with van der Waals surface area (Å²) in [5.41, 5.74) is 1.23. The van der Waals surface area contributed by atoms with Crippen molar-refractivity contribution in [3.05, 3.63) is 104 Å². The van der Waals surface area contributed by atoms with Crippen LogP contribution in [0.5, 0.6) is 0 Å². The summed E-state index contributed by atoms with van der Waals surface area (Å²) in [5, 5.41) is 4.67. The smallest absolute Gasteiger partial charge is 0.264 e. The second-order valence-electron chi connectivity index (χ2n) is 8.73. The quantitative estimate of drug-likeness (QED) is 0.281. The number of aromatic nitrogens is 4. The van der Waals surface area contributed by atoms with Crippen LogP contribution in [-0.4, -0.2) is 25.3 Å². The zero-order valence-corrected chi connectivity index (χ0v) is 21.0. The minimum atomic E-state index is -0.558. The van der Waals surface area contributed by atoms with Gasteiger partial charge in [0.25, 0.3) is 5.56 Å². The molecule has 2 aromatic carbocycles. The molecule has 0 unspecified atom stereocenters. The van der Waals surface area contributed by atoms with Gasteiger partial charge in [0, 0.05) is 35.3 Å². The molecule has 0 radical (unpaired) electrons. The number of halogens is 1. The van der Waals surface area contributed by atoms with Crippen molar-refractivity contribution in [1.29, 1.82) is 0 Å².